The van der Waals surface area contributed by atoms with Crippen molar-refractivity contribution in [3.05, 3.63) is 51.7 Å². The van der Waals surface area contributed by atoms with Gasteiger partial charge in [0.05, 0.1) is 6.04 Å². The Kier molecular flexibility index (Phi) is 6.66. The summed E-state index contributed by atoms with van der Waals surface area (Å²) in [7, 11) is 0. The van der Waals surface area contributed by atoms with Crippen LogP contribution in [-0.2, 0) is 9.59 Å². The Balaban J connectivity index is 1.59. The molecule has 1 aromatic heterocycles. The zero-order valence-corrected chi connectivity index (χ0v) is 16.0. The lowest BCUT2D eigenvalue weighted by atomic mass is 10.0. The van der Waals surface area contributed by atoms with E-state index in [4.69, 9.17) is 11.6 Å². The minimum Gasteiger partial charge on any atom is -0.346 e. The van der Waals surface area contributed by atoms with Crippen LogP contribution in [0, 0.1) is 0 Å². The second-order valence-electron chi connectivity index (χ2n) is 6.34. The first-order valence-corrected chi connectivity index (χ1v) is 10.1. The van der Waals surface area contributed by atoms with Gasteiger partial charge in [-0.3, -0.25) is 14.5 Å². The second kappa shape index (κ2) is 9.16. The number of hydrogen-bond donors (Lipinski definition) is 2. The van der Waals surface area contributed by atoms with E-state index in [2.05, 4.69) is 27.0 Å². The molecule has 1 fully saturated rings. The van der Waals surface area contributed by atoms with Gasteiger partial charge in [-0.1, -0.05) is 24.1 Å². The lowest BCUT2D eigenvalue weighted by Gasteiger charge is -2.34. The van der Waals surface area contributed by atoms with Crippen molar-refractivity contribution in [2.45, 2.75) is 25.3 Å². The summed E-state index contributed by atoms with van der Waals surface area (Å²) >= 11 is 7.54. The maximum Gasteiger partial charge on any atom is 0.313 e. The average molecular weight is 392 g/mol. The minimum atomic E-state index is -0.685. The number of halogens is 1. The van der Waals surface area contributed by atoms with Crippen LogP contribution in [-0.4, -0.2) is 36.3 Å². The van der Waals surface area contributed by atoms with Crippen molar-refractivity contribution in [1.29, 1.82) is 0 Å². The minimum absolute atomic E-state index is 0.101. The number of piperidine rings is 1. The molecule has 3 rings (SSSR count). The molecule has 0 bridgehead atoms. The van der Waals surface area contributed by atoms with Crippen LogP contribution in [0.3, 0.4) is 0 Å². The Hall–Kier alpha value is -1.89. The normalized spacial score (nSPS) is 16.0. The Morgan fingerprint density at radius 2 is 1.96 bits per heavy atom. The van der Waals surface area contributed by atoms with Gasteiger partial charge in [-0.05, 0) is 66.5 Å². The summed E-state index contributed by atoms with van der Waals surface area (Å²) in [6, 6.07) is 8.92. The molecule has 0 spiro atoms. The molecular weight excluding hydrogens is 370 g/mol. The highest BCUT2D eigenvalue weighted by atomic mass is 35.5. The van der Waals surface area contributed by atoms with Crippen molar-refractivity contribution < 1.29 is 9.59 Å². The first-order valence-electron chi connectivity index (χ1n) is 8.74. The molecule has 26 heavy (non-hydrogen) atoms. The SMILES string of the molecule is O=C(NCC(c1ccsc1)N1CCCCC1)C(=O)Nc1cccc(Cl)c1. The smallest absolute Gasteiger partial charge is 0.313 e. The number of carbonyl (C=O) groups excluding carboxylic acids is 2. The number of thiophene rings is 1. The van der Waals surface area contributed by atoms with Crippen LogP contribution in [0.15, 0.2) is 41.1 Å². The topological polar surface area (TPSA) is 61.4 Å². The summed E-state index contributed by atoms with van der Waals surface area (Å²) < 4.78 is 0. The van der Waals surface area contributed by atoms with E-state index in [1.165, 1.54) is 24.8 Å². The van der Waals surface area contributed by atoms with Crippen molar-refractivity contribution in [2.24, 2.45) is 0 Å². The van der Waals surface area contributed by atoms with E-state index in [-0.39, 0.29) is 6.04 Å². The average Bonchev–Trinajstić information content (AvgIpc) is 3.17. The number of benzene rings is 1. The van der Waals surface area contributed by atoms with Gasteiger partial charge >= 0.3 is 11.8 Å². The van der Waals surface area contributed by atoms with E-state index in [1.54, 1.807) is 35.6 Å². The summed E-state index contributed by atoms with van der Waals surface area (Å²) in [5.41, 5.74) is 1.69. The largest absolute Gasteiger partial charge is 0.346 e. The zero-order valence-electron chi connectivity index (χ0n) is 14.4. The second-order valence-corrected chi connectivity index (χ2v) is 7.56. The standard InChI is InChI=1S/C19H22ClN3O2S/c20-15-5-4-6-16(11-15)22-19(25)18(24)21-12-17(14-7-10-26-13-14)23-8-2-1-3-9-23/h4-7,10-11,13,17H,1-3,8-9,12H2,(H,21,24)(H,22,25). The van der Waals surface area contributed by atoms with Crippen LogP contribution >= 0.6 is 22.9 Å². The molecule has 1 aliphatic rings. The lowest BCUT2D eigenvalue weighted by Crippen LogP contribution is -2.43. The Bertz CT molecular complexity index is 745. The summed E-state index contributed by atoms with van der Waals surface area (Å²) in [5.74, 6) is -1.32. The van der Waals surface area contributed by atoms with E-state index < -0.39 is 11.8 Å². The highest BCUT2D eigenvalue weighted by molar-refractivity contribution is 7.08. The number of nitrogens with one attached hydrogen (secondary N) is 2. The number of likely N-dealkylation sites (tertiary alicyclic amines) is 1. The van der Waals surface area contributed by atoms with Gasteiger partial charge in [-0.25, -0.2) is 0 Å². The fourth-order valence-electron chi connectivity index (χ4n) is 3.18. The molecule has 1 saturated heterocycles. The molecule has 2 N–H and O–H groups in total. The fraction of sp³-hybridized carbons (Fsp3) is 0.368. The number of nitrogens with zero attached hydrogens (tertiary/aromatic N) is 1. The molecule has 1 aliphatic heterocycles. The van der Waals surface area contributed by atoms with Crippen LogP contribution in [0.25, 0.3) is 0 Å². The van der Waals surface area contributed by atoms with Crippen molar-refractivity contribution in [3.63, 3.8) is 0 Å². The summed E-state index contributed by atoms with van der Waals surface area (Å²) in [6.07, 6.45) is 3.59. The van der Waals surface area contributed by atoms with E-state index in [0.717, 1.165) is 13.1 Å². The van der Waals surface area contributed by atoms with Gasteiger partial charge in [0.15, 0.2) is 0 Å². The molecule has 0 aliphatic carbocycles. The van der Waals surface area contributed by atoms with Gasteiger partial charge in [0.1, 0.15) is 0 Å². The predicted molar refractivity (Wildman–Crippen MR) is 106 cm³/mol. The van der Waals surface area contributed by atoms with Crippen molar-refractivity contribution in [3.8, 4) is 0 Å². The molecule has 2 amide bonds. The van der Waals surface area contributed by atoms with Crippen LogP contribution in [0.2, 0.25) is 5.02 Å². The van der Waals surface area contributed by atoms with Crippen molar-refractivity contribution in [1.82, 2.24) is 10.2 Å². The van der Waals surface area contributed by atoms with Gasteiger partial charge in [0.2, 0.25) is 0 Å². The summed E-state index contributed by atoms with van der Waals surface area (Å²) in [5, 5.41) is 10.0. The highest BCUT2D eigenvalue weighted by Gasteiger charge is 2.24. The predicted octanol–water partition coefficient (Wildman–Crippen LogP) is 3.68. The van der Waals surface area contributed by atoms with Crippen molar-refractivity contribution in [2.75, 3.05) is 25.0 Å². The van der Waals surface area contributed by atoms with Gasteiger partial charge in [0.25, 0.3) is 0 Å². The third kappa shape index (κ3) is 5.06. The molecular formula is C19H22ClN3O2S. The van der Waals surface area contributed by atoms with Gasteiger partial charge in [-0.2, -0.15) is 11.3 Å². The zero-order chi connectivity index (χ0) is 18.4. The molecule has 1 aromatic carbocycles. The molecule has 5 nitrogen and oxygen atoms in total. The first kappa shape index (κ1) is 18.9. The maximum atomic E-state index is 12.2. The van der Waals surface area contributed by atoms with E-state index in [9.17, 15) is 9.59 Å². The van der Waals surface area contributed by atoms with Crippen molar-refractivity contribution >= 4 is 40.4 Å². The molecule has 2 aromatic rings. The number of carbonyl (C=O) groups is 2. The van der Waals surface area contributed by atoms with Gasteiger partial charge in [0, 0.05) is 17.3 Å². The Morgan fingerprint density at radius 3 is 2.65 bits per heavy atom. The number of hydrogen-bond acceptors (Lipinski definition) is 4. The molecule has 0 saturated carbocycles. The fourth-order valence-corrected chi connectivity index (χ4v) is 4.07. The van der Waals surface area contributed by atoms with Crippen LogP contribution in [0.1, 0.15) is 30.9 Å². The first-order chi connectivity index (χ1) is 12.6. The van der Waals surface area contributed by atoms with Crippen LogP contribution in [0.4, 0.5) is 5.69 Å². The van der Waals surface area contributed by atoms with Crippen LogP contribution in [0.5, 0.6) is 0 Å². The Labute approximate surface area is 162 Å². The van der Waals surface area contributed by atoms with E-state index >= 15 is 0 Å². The lowest BCUT2D eigenvalue weighted by molar-refractivity contribution is -0.136. The van der Waals surface area contributed by atoms with Gasteiger partial charge in [-0.15, -0.1) is 0 Å². The summed E-state index contributed by atoms with van der Waals surface area (Å²) in [4.78, 5) is 26.7. The molecule has 7 heteroatoms. The third-order valence-corrected chi connectivity index (χ3v) is 5.44. The van der Waals surface area contributed by atoms with E-state index in [0.29, 0.717) is 17.3 Å². The monoisotopic (exact) mass is 391 g/mol. The Morgan fingerprint density at radius 1 is 1.15 bits per heavy atom. The number of rotatable bonds is 5. The van der Waals surface area contributed by atoms with E-state index in [1.807, 2.05) is 5.38 Å². The highest BCUT2D eigenvalue weighted by Crippen LogP contribution is 2.25. The molecule has 0 radical (unpaired) electrons. The third-order valence-electron chi connectivity index (χ3n) is 4.50. The summed E-state index contributed by atoms with van der Waals surface area (Å²) in [6.45, 7) is 2.45. The molecule has 2 heterocycles. The molecule has 1 atom stereocenters. The maximum absolute atomic E-state index is 12.2. The number of amides is 2. The number of anilines is 1. The van der Waals surface area contributed by atoms with Gasteiger partial charge < -0.3 is 10.6 Å². The molecule has 1 unspecified atom stereocenters. The molecule has 138 valence electrons. The van der Waals surface area contributed by atoms with Crippen LogP contribution < -0.4 is 10.6 Å². The quantitative estimate of drug-likeness (QED) is 0.764.